The number of amides is 1. The van der Waals surface area contributed by atoms with Crippen LogP contribution in [0.2, 0.25) is 0 Å². The molecule has 1 N–H and O–H groups in total. The minimum Gasteiger partial charge on any atom is -0.462 e. The minimum atomic E-state index is -0.495. The highest BCUT2D eigenvalue weighted by Gasteiger charge is 2.28. The topological polar surface area (TPSA) is 72.5 Å². The summed E-state index contributed by atoms with van der Waals surface area (Å²) in [6, 6.07) is 0. The Labute approximate surface area is 134 Å². The number of ether oxygens (including phenoxy) is 1. The van der Waals surface area contributed by atoms with Gasteiger partial charge in [-0.25, -0.2) is 4.79 Å². The third kappa shape index (κ3) is 3.38. The Morgan fingerprint density at radius 2 is 1.91 bits per heavy atom. The molecule has 0 atom stereocenters. The van der Waals surface area contributed by atoms with Gasteiger partial charge in [0.25, 0.3) is 0 Å². The van der Waals surface area contributed by atoms with Gasteiger partial charge in [-0.3, -0.25) is 9.59 Å². The second-order valence-electron chi connectivity index (χ2n) is 5.51. The quantitative estimate of drug-likeness (QED) is 0.664. The van der Waals surface area contributed by atoms with E-state index < -0.39 is 5.97 Å². The smallest absolute Gasteiger partial charge is 0.341 e. The second kappa shape index (κ2) is 7.05. The molecule has 5 nitrogen and oxygen atoms in total. The number of Topliss-reactive ketones (excluding diaryl/α,β-unsaturated/α-hetero) is 1. The molecule has 1 aromatic heterocycles. The number of carbonyl (C=O) groups is 3. The van der Waals surface area contributed by atoms with E-state index in [4.69, 9.17) is 4.74 Å². The Balaban J connectivity index is 2.31. The fourth-order valence-corrected chi connectivity index (χ4v) is 3.88. The third-order valence-electron chi connectivity index (χ3n) is 3.91. The molecule has 0 radical (unpaired) electrons. The molecule has 2 rings (SSSR count). The predicted molar refractivity (Wildman–Crippen MR) is 85.6 cm³/mol. The van der Waals surface area contributed by atoms with Crippen molar-refractivity contribution >= 4 is 34.0 Å². The van der Waals surface area contributed by atoms with E-state index in [0.717, 1.165) is 37.0 Å². The van der Waals surface area contributed by atoms with Crippen LogP contribution < -0.4 is 5.32 Å². The van der Waals surface area contributed by atoms with Crippen molar-refractivity contribution in [1.82, 2.24) is 0 Å². The third-order valence-corrected chi connectivity index (χ3v) is 5.22. The number of hydrogen-bond donors (Lipinski definition) is 1. The van der Waals surface area contributed by atoms with E-state index in [1.807, 2.05) is 0 Å². The van der Waals surface area contributed by atoms with E-state index in [1.165, 1.54) is 6.92 Å². The maximum Gasteiger partial charge on any atom is 0.341 e. The predicted octanol–water partition coefficient (Wildman–Crippen LogP) is 3.56. The van der Waals surface area contributed by atoms with Gasteiger partial charge in [-0.1, -0.05) is 12.8 Å². The van der Waals surface area contributed by atoms with Crippen molar-refractivity contribution in [2.75, 3.05) is 11.9 Å². The molecule has 1 aliphatic rings. The van der Waals surface area contributed by atoms with Gasteiger partial charge in [0, 0.05) is 5.92 Å². The fourth-order valence-electron chi connectivity index (χ4n) is 2.79. The zero-order valence-corrected chi connectivity index (χ0v) is 14.0. The SMILES string of the molecule is CCOC(=O)c1c(NC(=O)C2CCCC2)sc(C(C)=O)c1C. The first-order chi connectivity index (χ1) is 10.5. The van der Waals surface area contributed by atoms with Crippen LogP contribution in [-0.2, 0) is 9.53 Å². The highest BCUT2D eigenvalue weighted by Crippen LogP contribution is 2.35. The Morgan fingerprint density at radius 3 is 2.45 bits per heavy atom. The normalized spacial score (nSPS) is 14.9. The lowest BCUT2D eigenvalue weighted by molar-refractivity contribution is -0.119. The van der Waals surface area contributed by atoms with Crippen LogP contribution in [0.3, 0.4) is 0 Å². The average Bonchev–Trinajstić information content (AvgIpc) is 3.07. The summed E-state index contributed by atoms with van der Waals surface area (Å²) >= 11 is 1.15. The maximum atomic E-state index is 12.3. The van der Waals surface area contributed by atoms with Gasteiger partial charge < -0.3 is 10.1 Å². The number of thiophene rings is 1. The second-order valence-corrected chi connectivity index (χ2v) is 6.53. The van der Waals surface area contributed by atoms with Crippen LogP contribution in [0.25, 0.3) is 0 Å². The number of nitrogens with one attached hydrogen (secondary N) is 1. The zero-order chi connectivity index (χ0) is 16.3. The summed E-state index contributed by atoms with van der Waals surface area (Å²) < 4.78 is 5.05. The molecule has 0 aromatic carbocycles. The molecule has 0 bridgehead atoms. The van der Waals surface area contributed by atoms with Gasteiger partial charge in [0.05, 0.1) is 17.0 Å². The molecule has 1 heterocycles. The van der Waals surface area contributed by atoms with Crippen molar-refractivity contribution in [2.24, 2.45) is 5.92 Å². The lowest BCUT2D eigenvalue weighted by atomic mass is 10.1. The van der Waals surface area contributed by atoms with Crippen LogP contribution >= 0.6 is 11.3 Å². The minimum absolute atomic E-state index is 0.00164. The highest BCUT2D eigenvalue weighted by atomic mass is 32.1. The van der Waals surface area contributed by atoms with E-state index >= 15 is 0 Å². The summed E-state index contributed by atoms with van der Waals surface area (Å²) in [7, 11) is 0. The molecule has 120 valence electrons. The molecule has 1 aromatic rings. The van der Waals surface area contributed by atoms with Crippen molar-refractivity contribution in [3.8, 4) is 0 Å². The number of esters is 1. The Morgan fingerprint density at radius 1 is 1.27 bits per heavy atom. The molecule has 1 fully saturated rings. The van der Waals surface area contributed by atoms with E-state index in [9.17, 15) is 14.4 Å². The standard InChI is InChI=1S/C16H21NO4S/c1-4-21-16(20)12-9(2)13(10(3)18)22-15(12)17-14(19)11-7-5-6-8-11/h11H,4-8H2,1-3H3,(H,17,19). The van der Waals surface area contributed by atoms with Crippen LogP contribution in [0.1, 0.15) is 65.1 Å². The van der Waals surface area contributed by atoms with Gasteiger partial charge in [0.1, 0.15) is 5.00 Å². The first kappa shape index (κ1) is 16.7. The van der Waals surface area contributed by atoms with E-state index in [1.54, 1.807) is 13.8 Å². The molecule has 1 aliphatic carbocycles. The number of anilines is 1. The van der Waals surface area contributed by atoms with E-state index in [2.05, 4.69) is 5.32 Å². The lowest BCUT2D eigenvalue weighted by Crippen LogP contribution is -2.21. The molecule has 1 amide bonds. The summed E-state index contributed by atoms with van der Waals surface area (Å²) in [6.45, 7) is 5.14. The summed E-state index contributed by atoms with van der Waals surface area (Å²) in [5.41, 5.74) is 0.890. The van der Waals surface area contributed by atoms with Gasteiger partial charge in [-0.2, -0.15) is 0 Å². The first-order valence-electron chi connectivity index (χ1n) is 7.58. The zero-order valence-electron chi connectivity index (χ0n) is 13.2. The largest absolute Gasteiger partial charge is 0.462 e. The van der Waals surface area contributed by atoms with Gasteiger partial charge in [0.15, 0.2) is 5.78 Å². The number of rotatable bonds is 5. The van der Waals surface area contributed by atoms with Crippen molar-refractivity contribution in [3.63, 3.8) is 0 Å². The highest BCUT2D eigenvalue weighted by molar-refractivity contribution is 7.18. The van der Waals surface area contributed by atoms with E-state index in [0.29, 0.717) is 21.0 Å². The molecule has 1 saturated carbocycles. The molecule has 0 saturated heterocycles. The van der Waals surface area contributed by atoms with Crippen molar-refractivity contribution < 1.29 is 19.1 Å². The number of hydrogen-bond acceptors (Lipinski definition) is 5. The molecule has 6 heteroatoms. The summed E-state index contributed by atoms with van der Waals surface area (Å²) in [4.78, 5) is 36.6. The molecular formula is C16H21NO4S. The number of ketones is 1. The summed E-state index contributed by atoms with van der Waals surface area (Å²) in [5.74, 6) is -0.683. The average molecular weight is 323 g/mol. The molecule has 0 aliphatic heterocycles. The Kier molecular flexibility index (Phi) is 5.34. The molecule has 0 unspecified atom stereocenters. The van der Waals surface area contributed by atoms with Crippen LogP contribution in [0.15, 0.2) is 0 Å². The molecule has 22 heavy (non-hydrogen) atoms. The van der Waals surface area contributed by atoms with Gasteiger partial charge in [-0.05, 0) is 39.2 Å². The number of carbonyl (C=O) groups excluding carboxylic acids is 3. The van der Waals surface area contributed by atoms with Crippen LogP contribution in [0, 0.1) is 12.8 Å². The van der Waals surface area contributed by atoms with Gasteiger partial charge >= 0.3 is 5.97 Å². The van der Waals surface area contributed by atoms with Crippen LogP contribution in [-0.4, -0.2) is 24.3 Å². The van der Waals surface area contributed by atoms with Crippen molar-refractivity contribution in [1.29, 1.82) is 0 Å². The molecular weight excluding hydrogens is 302 g/mol. The van der Waals surface area contributed by atoms with E-state index in [-0.39, 0.29) is 24.2 Å². The molecule has 0 spiro atoms. The van der Waals surface area contributed by atoms with Crippen molar-refractivity contribution in [3.05, 3.63) is 16.0 Å². The Hall–Kier alpha value is -1.69. The lowest BCUT2D eigenvalue weighted by Gasteiger charge is -2.10. The monoisotopic (exact) mass is 323 g/mol. The van der Waals surface area contributed by atoms with Crippen LogP contribution in [0.4, 0.5) is 5.00 Å². The Bertz CT molecular complexity index is 600. The van der Waals surface area contributed by atoms with Crippen molar-refractivity contribution in [2.45, 2.75) is 46.5 Å². The maximum absolute atomic E-state index is 12.3. The van der Waals surface area contributed by atoms with Gasteiger partial charge in [0.2, 0.25) is 5.91 Å². The summed E-state index contributed by atoms with van der Waals surface area (Å²) in [5, 5.41) is 3.26. The van der Waals surface area contributed by atoms with Crippen LogP contribution in [0.5, 0.6) is 0 Å². The fraction of sp³-hybridized carbons (Fsp3) is 0.562. The summed E-state index contributed by atoms with van der Waals surface area (Å²) in [6.07, 6.45) is 3.88. The van der Waals surface area contributed by atoms with Gasteiger partial charge in [-0.15, -0.1) is 11.3 Å². The first-order valence-corrected chi connectivity index (χ1v) is 8.39.